The van der Waals surface area contributed by atoms with Crippen molar-refractivity contribution in [1.29, 1.82) is 0 Å². The summed E-state index contributed by atoms with van der Waals surface area (Å²) in [6.07, 6.45) is 2.92. The van der Waals surface area contributed by atoms with Crippen LogP contribution in [0.2, 0.25) is 0 Å². The number of hydrogen-bond acceptors (Lipinski definition) is 4. The lowest BCUT2D eigenvalue weighted by Crippen LogP contribution is -2.29. The van der Waals surface area contributed by atoms with Crippen LogP contribution in [0.25, 0.3) is 10.9 Å². The molecule has 1 amide bonds. The molecule has 3 aromatic rings. The van der Waals surface area contributed by atoms with Gasteiger partial charge >= 0.3 is 0 Å². The Hall–Kier alpha value is -2.79. The minimum absolute atomic E-state index is 0.0676. The Morgan fingerprint density at radius 2 is 2.11 bits per heavy atom. The van der Waals surface area contributed by atoms with E-state index in [9.17, 15) is 4.79 Å². The molecular formula is C22H24N4O. The van der Waals surface area contributed by atoms with Gasteiger partial charge in [-0.1, -0.05) is 18.2 Å². The van der Waals surface area contributed by atoms with Gasteiger partial charge in [0.05, 0.1) is 11.1 Å². The van der Waals surface area contributed by atoms with Crippen LogP contribution in [0.5, 0.6) is 0 Å². The third kappa shape index (κ3) is 3.30. The third-order valence-electron chi connectivity index (χ3n) is 5.31. The zero-order chi connectivity index (χ0) is 19.0. The number of carbonyl (C=O) groups excluding carboxylic acids is 1. The summed E-state index contributed by atoms with van der Waals surface area (Å²) in [5.41, 5.74) is 8.20. The Balaban J connectivity index is 1.65. The summed E-state index contributed by atoms with van der Waals surface area (Å²) in [4.78, 5) is 22.1. The van der Waals surface area contributed by atoms with Crippen molar-refractivity contribution in [2.24, 2.45) is 0 Å². The van der Waals surface area contributed by atoms with E-state index in [4.69, 9.17) is 0 Å². The summed E-state index contributed by atoms with van der Waals surface area (Å²) < 4.78 is 0. The van der Waals surface area contributed by atoms with Gasteiger partial charge < -0.3 is 10.6 Å². The first kappa shape index (κ1) is 17.6. The van der Waals surface area contributed by atoms with Gasteiger partial charge in [0.25, 0.3) is 5.91 Å². The summed E-state index contributed by atoms with van der Waals surface area (Å²) in [6.45, 7) is 8.27. The zero-order valence-electron chi connectivity index (χ0n) is 16.0. The monoisotopic (exact) mass is 360 g/mol. The van der Waals surface area contributed by atoms with Crippen molar-refractivity contribution in [1.82, 2.24) is 20.6 Å². The Labute approximate surface area is 159 Å². The van der Waals surface area contributed by atoms with Crippen LogP contribution in [0, 0.1) is 20.8 Å². The SMILES string of the molecule is Cc1cc(C(=O)NCc2c(C)ncc3c2CCNC3)c2cccc(C)c2n1. The third-order valence-corrected chi connectivity index (χ3v) is 5.31. The van der Waals surface area contributed by atoms with Crippen molar-refractivity contribution in [3.8, 4) is 0 Å². The van der Waals surface area contributed by atoms with Crippen LogP contribution >= 0.6 is 0 Å². The van der Waals surface area contributed by atoms with Gasteiger partial charge in [0, 0.05) is 36.1 Å². The first-order chi connectivity index (χ1) is 13.0. The van der Waals surface area contributed by atoms with Crippen LogP contribution in [-0.2, 0) is 19.5 Å². The van der Waals surface area contributed by atoms with Crippen molar-refractivity contribution in [2.75, 3.05) is 6.54 Å². The molecule has 0 aliphatic carbocycles. The topological polar surface area (TPSA) is 66.9 Å². The average Bonchev–Trinajstić information content (AvgIpc) is 2.67. The van der Waals surface area contributed by atoms with E-state index >= 15 is 0 Å². The number of para-hydroxylation sites is 1. The van der Waals surface area contributed by atoms with Gasteiger partial charge in [-0.05, 0) is 62.1 Å². The number of amides is 1. The van der Waals surface area contributed by atoms with Gasteiger partial charge in [0.15, 0.2) is 0 Å². The van der Waals surface area contributed by atoms with E-state index in [0.29, 0.717) is 12.1 Å². The molecule has 5 heteroatoms. The van der Waals surface area contributed by atoms with Crippen LogP contribution in [0.4, 0.5) is 0 Å². The second-order valence-corrected chi connectivity index (χ2v) is 7.22. The standard InChI is InChI=1S/C22H24N4O/c1-13-5-4-6-18-19(9-14(2)26-21(13)18)22(27)25-12-20-15(3)24-11-16-10-23-8-7-17(16)20/h4-6,9,11,23H,7-8,10,12H2,1-3H3,(H,25,27). The van der Waals surface area contributed by atoms with Crippen LogP contribution in [0.15, 0.2) is 30.5 Å². The van der Waals surface area contributed by atoms with Crippen molar-refractivity contribution in [2.45, 2.75) is 40.3 Å². The quantitative estimate of drug-likeness (QED) is 0.753. The summed E-state index contributed by atoms with van der Waals surface area (Å²) in [5.74, 6) is -0.0676. The van der Waals surface area contributed by atoms with Gasteiger partial charge in [0.1, 0.15) is 0 Å². The second-order valence-electron chi connectivity index (χ2n) is 7.22. The smallest absolute Gasteiger partial charge is 0.252 e. The number of pyridine rings is 2. The molecule has 0 saturated carbocycles. The number of fused-ring (bicyclic) bond motifs is 2. The van der Waals surface area contributed by atoms with Gasteiger partial charge in [-0.15, -0.1) is 0 Å². The molecule has 0 atom stereocenters. The normalized spacial score (nSPS) is 13.4. The Kier molecular flexibility index (Phi) is 4.62. The highest BCUT2D eigenvalue weighted by Crippen LogP contribution is 2.23. The number of benzene rings is 1. The molecule has 2 aromatic heterocycles. The maximum atomic E-state index is 13.0. The van der Waals surface area contributed by atoms with Gasteiger partial charge in [-0.25, -0.2) is 0 Å². The zero-order valence-corrected chi connectivity index (χ0v) is 16.0. The average molecular weight is 360 g/mol. The van der Waals surface area contributed by atoms with E-state index in [1.807, 2.05) is 51.2 Å². The highest BCUT2D eigenvalue weighted by atomic mass is 16.1. The van der Waals surface area contributed by atoms with Crippen molar-refractivity contribution in [3.05, 3.63) is 69.7 Å². The molecule has 0 radical (unpaired) electrons. The molecule has 0 fully saturated rings. The van der Waals surface area contributed by atoms with Crippen molar-refractivity contribution in [3.63, 3.8) is 0 Å². The van der Waals surface area contributed by atoms with Gasteiger partial charge in [-0.3, -0.25) is 14.8 Å². The maximum absolute atomic E-state index is 13.0. The van der Waals surface area contributed by atoms with E-state index < -0.39 is 0 Å². The second kappa shape index (κ2) is 7.08. The lowest BCUT2D eigenvalue weighted by molar-refractivity contribution is 0.0952. The summed E-state index contributed by atoms with van der Waals surface area (Å²) >= 11 is 0. The van der Waals surface area contributed by atoms with E-state index in [1.54, 1.807) is 0 Å². The molecular weight excluding hydrogens is 336 g/mol. The Bertz CT molecular complexity index is 1040. The number of hydrogen-bond donors (Lipinski definition) is 2. The van der Waals surface area contributed by atoms with Crippen LogP contribution in [0.3, 0.4) is 0 Å². The molecule has 0 unspecified atom stereocenters. The van der Waals surface area contributed by atoms with E-state index in [1.165, 1.54) is 11.1 Å². The number of aryl methyl sites for hydroxylation is 3. The molecule has 0 saturated heterocycles. The molecule has 1 aliphatic rings. The molecule has 3 heterocycles. The Morgan fingerprint density at radius 3 is 2.96 bits per heavy atom. The molecule has 138 valence electrons. The molecule has 0 spiro atoms. The fourth-order valence-electron chi connectivity index (χ4n) is 3.85. The van der Waals surface area contributed by atoms with E-state index in [-0.39, 0.29) is 5.91 Å². The molecule has 4 rings (SSSR count). The van der Waals surface area contributed by atoms with Gasteiger partial charge in [-0.2, -0.15) is 0 Å². The highest BCUT2D eigenvalue weighted by molar-refractivity contribution is 6.06. The lowest BCUT2D eigenvalue weighted by atomic mass is 9.96. The van der Waals surface area contributed by atoms with E-state index in [0.717, 1.165) is 52.9 Å². The molecule has 2 N–H and O–H groups in total. The van der Waals surface area contributed by atoms with E-state index in [2.05, 4.69) is 20.6 Å². The van der Waals surface area contributed by atoms with Crippen molar-refractivity contribution < 1.29 is 4.79 Å². The largest absolute Gasteiger partial charge is 0.348 e. The van der Waals surface area contributed by atoms with Gasteiger partial charge in [0.2, 0.25) is 0 Å². The molecule has 1 aromatic carbocycles. The number of rotatable bonds is 3. The number of nitrogens with one attached hydrogen (secondary N) is 2. The molecule has 5 nitrogen and oxygen atoms in total. The minimum atomic E-state index is -0.0676. The number of nitrogens with zero attached hydrogens (tertiary/aromatic N) is 2. The number of aromatic nitrogens is 2. The van der Waals surface area contributed by atoms with Crippen LogP contribution in [-0.4, -0.2) is 22.4 Å². The fourth-order valence-corrected chi connectivity index (χ4v) is 3.85. The summed E-state index contributed by atoms with van der Waals surface area (Å²) in [6, 6.07) is 7.83. The fraction of sp³-hybridized carbons (Fsp3) is 0.318. The summed E-state index contributed by atoms with van der Waals surface area (Å²) in [7, 11) is 0. The molecule has 0 bridgehead atoms. The highest BCUT2D eigenvalue weighted by Gasteiger charge is 2.18. The summed E-state index contributed by atoms with van der Waals surface area (Å²) in [5, 5.41) is 7.39. The number of carbonyl (C=O) groups is 1. The Morgan fingerprint density at radius 1 is 1.26 bits per heavy atom. The first-order valence-electron chi connectivity index (χ1n) is 9.36. The van der Waals surface area contributed by atoms with Crippen LogP contribution < -0.4 is 10.6 Å². The minimum Gasteiger partial charge on any atom is -0.348 e. The lowest BCUT2D eigenvalue weighted by Gasteiger charge is -2.21. The predicted molar refractivity (Wildman–Crippen MR) is 107 cm³/mol. The molecule has 27 heavy (non-hydrogen) atoms. The molecule has 1 aliphatic heterocycles. The van der Waals surface area contributed by atoms with Crippen LogP contribution in [0.1, 0.15) is 44.0 Å². The predicted octanol–water partition coefficient (Wildman–Crippen LogP) is 3.13. The maximum Gasteiger partial charge on any atom is 0.252 e. The first-order valence-corrected chi connectivity index (χ1v) is 9.36. The van der Waals surface area contributed by atoms with Crippen molar-refractivity contribution >= 4 is 16.8 Å².